The van der Waals surface area contributed by atoms with Crippen molar-refractivity contribution in [2.45, 2.75) is 6.18 Å². The molecule has 0 aliphatic rings. The first kappa shape index (κ1) is 14.5. The zero-order chi connectivity index (χ0) is 15.1. The van der Waals surface area contributed by atoms with Gasteiger partial charge in [0.25, 0.3) is 0 Å². The fraction of sp³-hybridized carbons (Fsp3) is 0.0909. The van der Waals surface area contributed by atoms with Crippen LogP contribution in [0.5, 0.6) is 0 Å². The molecule has 9 heteroatoms. The zero-order valence-electron chi connectivity index (χ0n) is 9.26. The first-order chi connectivity index (χ1) is 9.20. The minimum Gasteiger partial charge on any atom is -0.288 e. The maximum absolute atomic E-state index is 13.0. The molecule has 1 aromatic carbocycles. The van der Waals surface area contributed by atoms with Gasteiger partial charge < -0.3 is 0 Å². The quantitative estimate of drug-likeness (QED) is 0.479. The second-order valence-corrected chi connectivity index (χ2v) is 4.64. The molecule has 0 radical (unpaired) electrons. The normalized spacial score (nSPS) is 11.7. The first-order valence-corrected chi connectivity index (χ1v) is 5.74. The van der Waals surface area contributed by atoms with Crippen LogP contribution in [-0.4, -0.2) is 10.8 Å². The van der Waals surface area contributed by atoms with Crippen LogP contribution in [-0.2, 0) is 6.18 Å². The lowest BCUT2D eigenvalue weighted by Gasteiger charge is -2.01. The van der Waals surface area contributed by atoms with Gasteiger partial charge in [0.1, 0.15) is 0 Å². The number of benzene rings is 1. The van der Waals surface area contributed by atoms with Crippen molar-refractivity contribution < 1.29 is 31.1 Å². The molecule has 2 aromatic rings. The number of hydrogen-bond acceptors (Lipinski definition) is 3. The molecule has 1 aromatic heterocycles. The first-order valence-electron chi connectivity index (χ1n) is 4.92. The summed E-state index contributed by atoms with van der Waals surface area (Å²) in [4.78, 5) is 14.3. The summed E-state index contributed by atoms with van der Waals surface area (Å²) in [7, 11) is 0. The van der Waals surface area contributed by atoms with Crippen LogP contribution in [0.2, 0.25) is 0 Å². The van der Waals surface area contributed by atoms with Crippen LogP contribution >= 0.6 is 11.3 Å². The number of aromatic nitrogens is 1. The van der Waals surface area contributed by atoms with E-state index in [2.05, 4.69) is 4.98 Å². The van der Waals surface area contributed by atoms with E-state index in [1.54, 1.807) is 0 Å². The minimum absolute atomic E-state index is 0.0344. The van der Waals surface area contributed by atoms with Gasteiger partial charge in [0.05, 0.1) is 4.88 Å². The lowest BCUT2D eigenvalue weighted by Crippen LogP contribution is -2.03. The number of ketones is 1. The van der Waals surface area contributed by atoms with Crippen LogP contribution in [0.1, 0.15) is 20.2 Å². The number of thiazole rings is 1. The van der Waals surface area contributed by atoms with E-state index in [4.69, 9.17) is 0 Å². The number of carbonyl (C=O) groups is 1. The monoisotopic (exact) mass is 311 g/mol. The Labute approximate surface area is 111 Å². The molecule has 0 aliphatic carbocycles. The molecule has 0 spiro atoms. The largest absolute Gasteiger partial charge is 0.443 e. The fourth-order valence-corrected chi connectivity index (χ4v) is 2.08. The summed E-state index contributed by atoms with van der Waals surface area (Å²) >= 11 is 0.0344. The van der Waals surface area contributed by atoms with E-state index in [-0.39, 0.29) is 11.3 Å². The molecule has 0 bridgehead atoms. The molecule has 0 unspecified atom stereocenters. The summed E-state index contributed by atoms with van der Waals surface area (Å²) in [6.07, 6.45) is -4.07. The van der Waals surface area contributed by atoms with E-state index in [0.717, 1.165) is 0 Å². The summed E-state index contributed by atoms with van der Waals surface area (Å²) in [5, 5.41) is -1.26. The number of halogens is 6. The SMILES string of the molecule is O=C(c1cc(F)c(F)c(F)c1)c1cnc(C(F)(F)F)s1. The maximum atomic E-state index is 13.0. The Morgan fingerprint density at radius 2 is 1.65 bits per heavy atom. The summed E-state index contributed by atoms with van der Waals surface area (Å²) in [5.74, 6) is -6.04. The molecular formula is C11H3F6NOS. The highest BCUT2D eigenvalue weighted by molar-refractivity contribution is 7.13. The predicted octanol–water partition coefficient (Wildman–Crippen LogP) is 3.81. The van der Waals surface area contributed by atoms with Crippen LogP contribution < -0.4 is 0 Å². The number of nitrogens with zero attached hydrogens (tertiary/aromatic N) is 1. The van der Waals surface area contributed by atoms with E-state index >= 15 is 0 Å². The molecule has 0 N–H and O–H groups in total. The average molecular weight is 311 g/mol. The van der Waals surface area contributed by atoms with Crippen LogP contribution in [0.15, 0.2) is 18.3 Å². The van der Waals surface area contributed by atoms with E-state index in [0.29, 0.717) is 18.3 Å². The van der Waals surface area contributed by atoms with Crippen molar-refractivity contribution in [3.63, 3.8) is 0 Å². The van der Waals surface area contributed by atoms with Crippen molar-refractivity contribution in [3.05, 3.63) is 51.2 Å². The number of alkyl halides is 3. The highest BCUT2D eigenvalue weighted by Gasteiger charge is 2.35. The highest BCUT2D eigenvalue weighted by Crippen LogP contribution is 2.33. The molecule has 106 valence electrons. The molecule has 2 rings (SSSR count). The second kappa shape index (κ2) is 4.89. The van der Waals surface area contributed by atoms with E-state index in [1.807, 2.05) is 0 Å². The van der Waals surface area contributed by atoms with Gasteiger partial charge in [-0.1, -0.05) is 0 Å². The standard InChI is InChI=1S/C11H3F6NOS/c12-5-1-4(2-6(13)8(5)14)9(19)7-3-18-10(20-7)11(15,16)17/h1-3H. The lowest BCUT2D eigenvalue weighted by atomic mass is 10.1. The Kier molecular flexibility index (Phi) is 3.55. The van der Waals surface area contributed by atoms with Crippen molar-refractivity contribution in [2.24, 2.45) is 0 Å². The zero-order valence-corrected chi connectivity index (χ0v) is 10.1. The van der Waals surface area contributed by atoms with E-state index in [9.17, 15) is 31.1 Å². The Hall–Kier alpha value is -1.90. The summed E-state index contributed by atoms with van der Waals surface area (Å²) in [6.45, 7) is 0. The molecular weight excluding hydrogens is 308 g/mol. The van der Waals surface area contributed by atoms with Crippen LogP contribution in [0.25, 0.3) is 0 Å². The number of hydrogen-bond donors (Lipinski definition) is 0. The summed E-state index contributed by atoms with van der Waals surface area (Å²) in [5.41, 5.74) is -0.598. The van der Waals surface area contributed by atoms with Gasteiger partial charge in [-0.15, -0.1) is 11.3 Å². The Morgan fingerprint density at radius 3 is 2.10 bits per heavy atom. The van der Waals surface area contributed by atoms with Crippen molar-refractivity contribution in [3.8, 4) is 0 Å². The van der Waals surface area contributed by atoms with Crippen LogP contribution in [0.4, 0.5) is 26.3 Å². The molecule has 0 saturated carbocycles. The van der Waals surface area contributed by atoms with Gasteiger partial charge in [-0.3, -0.25) is 4.79 Å². The fourth-order valence-electron chi connectivity index (χ4n) is 1.34. The molecule has 0 amide bonds. The van der Waals surface area contributed by atoms with Gasteiger partial charge in [-0.2, -0.15) is 13.2 Å². The Bertz CT molecular complexity index is 655. The lowest BCUT2D eigenvalue weighted by molar-refractivity contribution is -0.137. The van der Waals surface area contributed by atoms with Crippen LogP contribution in [0.3, 0.4) is 0 Å². The van der Waals surface area contributed by atoms with Gasteiger partial charge in [-0.25, -0.2) is 18.2 Å². The van der Waals surface area contributed by atoms with Crippen molar-refractivity contribution in [1.82, 2.24) is 4.98 Å². The van der Waals surface area contributed by atoms with Crippen LogP contribution in [0, 0.1) is 17.5 Å². The highest BCUT2D eigenvalue weighted by atomic mass is 32.1. The van der Waals surface area contributed by atoms with Gasteiger partial charge in [0.2, 0.25) is 5.78 Å². The third-order valence-corrected chi connectivity index (χ3v) is 3.26. The second-order valence-electron chi connectivity index (χ2n) is 3.61. The summed E-state index contributed by atoms with van der Waals surface area (Å²) in [6, 6.07) is 0.821. The molecule has 0 saturated heterocycles. The van der Waals surface area contributed by atoms with E-state index < -0.39 is 44.9 Å². The molecule has 0 aliphatic heterocycles. The smallest absolute Gasteiger partial charge is 0.288 e. The predicted molar refractivity (Wildman–Crippen MR) is 56.9 cm³/mol. The Balaban J connectivity index is 2.39. The van der Waals surface area contributed by atoms with Gasteiger partial charge in [-0.05, 0) is 12.1 Å². The van der Waals surface area contributed by atoms with Crippen molar-refractivity contribution in [1.29, 1.82) is 0 Å². The number of carbonyl (C=O) groups excluding carboxylic acids is 1. The van der Waals surface area contributed by atoms with Crippen molar-refractivity contribution in [2.75, 3.05) is 0 Å². The van der Waals surface area contributed by atoms with Crippen molar-refractivity contribution >= 4 is 17.1 Å². The van der Waals surface area contributed by atoms with Gasteiger partial charge in [0, 0.05) is 11.8 Å². The maximum Gasteiger partial charge on any atom is 0.443 e. The third-order valence-electron chi connectivity index (χ3n) is 2.22. The minimum atomic E-state index is -4.72. The molecule has 0 atom stereocenters. The molecule has 20 heavy (non-hydrogen) atoms. The average Bonchev–Trinajstić information content (AvgIpc) is 2.83. The third kappa shape index (κ3) is 2.67. The van der Waals surface area contributed by atoms with Gasteiger partial charge in [0.15, 0.2) is 22.5 Å². The Morgan fingerprint density at radius 1 is 1.10 bits per heavy atom. The topological polar surface area (TPSA) is 30.0 Å². The molecule has 1 heterocycles. The van der Waals surface area contributed by atoms with E-state index in [1.165, 1.54) is 0 Å². The van der Waals surface area contributed by atoms with Gasteiger partial charge >= 0.3 is 6.18 Å². The summed E-state index contributed by atoms with van der Waals surface area (Å²) < 4.78 is 75.6. The molecule has 2 nitrogen and oxygen atoms in total. The number of rotatable bonds is 2. The molecule has 0 fully saturated rings.